The van der Waals surface area contributed by atoms with Crippen molar-refractivity contribution >= 4 is 11.8 Å². The molecule has 2 amide bonds. The van der Waals surface area contributed by atoms with E-state index in [2.05, 4.69) is 27.9 Å². The molecule has 0 bridgehead atoms. The van der Waals surface area contributed by atoms with Crippen molar-refractivity contribution in [3.05, 3.63) is 77.6 Å². The molecule has 1 atom stereocenters. The van der Waals surface area contributed by atoms with Crippen LogP contribution < -0.4 is 20.1 Å². The Bertz CT molecular complexity index is 1180. The number of carbonyl (C=O) groups is 2. The van der Waals surface area contributed by atoms with Gasteiger partial charge in [0.15, 0.2) is 11.5 Å². The molecular weight excluding hydrogens is 432 g/mol. The summed E-state index contributed by atoms with van der Waals surface area (Å²) in [4.78, 5) is 24.7. The molecule has 2 aliphatic heterocycles. The van der Waals surface area contributed by atoms with E-state index in [9.17, 15) is 9.59 Å². The highest BCUT2D eigenvalue weighted by Gasteiger charge is 2.38. The van der Waals surface area contributed by atoms with Crippen molar-refractivity contribution in [3.63, 3.8) is 0 Å². The topological polar surface area (TPSA) is 94.5 Å². The first-order chi connectivity index (χ1) is 16.6. The maximum Gasteiger partial charge on any atom is 0.231 e. The SMILES string of the molecule is O=C(CC[C@]1(Cc2ccc3c(c2)OCO3)CCC(=O)N1)NCc1cnn(Cc2ccccc2)c1. The van der Waals surface area contributed by atoms with Gasteiger partial charge in [-0.05, 0) is 42.5 Å². The van der Waals surface area contributed by atoms with Crippen molar-refractivity contribution in [1.29, 1.82) is 0 Å². The summed E-state index contributed by atoms with van der Waals surface area (Å²) in [5, 5.41) is 10.5. The van der Waals surface area contributed by atoms with Gasteiger partial charge in [0.1, 0.15) is 0 Å². The maximum absolute atomic E-state index is 12.6. The van der Waals surface area contributed by atoms with E-state index in [1.165, 1.54) is 5.56 Å². The summed E-state index contributed by atoms with van der Waals surface area (Å²) in [5.74, 6) is 1.45. The number of rotatable bonds is 9. The molecule has 0 radical (unpaired) electrons. The van der Waals surface area contributed by atoms with Gasteiger partial charge in [-0.2, -0.15) is 5.10 Å². The van der Waals surface area contributed by atoms with E-state index in [0.29, 0.717) is 45.2 Å². The zero-order chi connectivity index (χ0) is 23.4. The third kappa shape index (κ3) is 5.22. The van der Waals surface area contributed by atoms with Crippen molar-refractivity contribution in [1.82, 2.24) is 20.4 Å². The van der Waals surface area contributed by atoms with E-state index in [4.69, 9.17) is 9.47 Å². The molecule has 2 aromatic carbocycles. The standard InChI is InChI=1S/C26H28N4O4/c31-24(27-14-21-15-28-30(17-21)16-19-4-2-1-3-5-19)8-10-26(11-9-25(32)29-26)13-20-6-7-22-23(12-20)34-18-33-22/h1-7,12,15,17H,8-11,13-14,16,18H2,(H,27,31)(H,29,32)/t26-/m1/s1. The monoisotopic (exact) mass is 460 g/mol. The van der Waals surface area contributed by atoms with E-state index in [0.717, 1.165) is 22.6 Å². The Morgan fingerprint density at radius 1 is 1.09 bits per heavy atom. The highest BCUT2D eigenvalue weighted by atomic mass is 16.7. The molecule has 1 fully saturated rings. The fraction of sp³-hybridized carbons (Fsp3) is 0.346. The normalized spacial score (nSPS) is 18.6. The predicted octanol–water partition coefficient (Wildman–Crippen LogP) is 2.95. The van der Waals surface area contributed by atoms with Gasteiger partial charge in [0.2, 0.25) is 18.6 Å². The molecule has 1 saturated heterocycles. The fourth-order valence-electron chi connectivity index (χ4n) is 4.62. The molecule has 3 aromatic rings. The van der Waals surface area contributed by atoms with Crippen molar-refractivity contribution in [2.75, 3.05) is 6.79 Å². The van der Waals surface area contributed by atoms with Crippen molar-refractivity contribution in [3.8, 4) is 11.5 Å². The number of amides is 2. The number of carbonyl (C=O) groups excluding carboxylic acids is 2. The largest absolute Gasteiger partial charge is 0.454 e. The molecule has 3 heterocycles. The third-order valence-electron chi connectivity index (χ3n) is 6.41. The Balaban J connectivity index is 1.14. The minimum absolute atomic E-state index is 0.0342. The highest BCUT2D eigenvalue weighted by molar-refractivity contribution is 5.80. The van der Waals surface area contributed by atoms with Crippen LogP contribution in [0.25, 0.3) is 0 Å². The summed E-state index contributed by atoms with van der Waals surface area (Å²) in [6.45, 7) is 1.35. The number of ether oxygens (including phenoxy) is 2. The van der Waals surface area contributed by atoms with Crippen LogP contribution in [0.4, 0.5) is 0 Å². The Labute approximate surface area is 198 Å². The minimum Gasteiger partial charge on any atom is -0.454 e. The lowest BCUT2D eigenvalue weighted by atomic mass is 9.85. The first-order valence-electron chi connectivity index (χ1n) is 11.6. The van der Waals surface area contributed by atoms with Crippen LogP contribution in [0, 0.1) is 0 Å². The lowest BCUT2D eigenvalue weighted by Crippen LogP contribution is -2.44. The van der Waals surface area contributed by atoms with Gasteiger partial charge in [0.25, 0.3) is 0 Å². The molecule has 0 aliphatic carbocycles. The Hall–Kier alpha value is -3.81. The Morgan fingerprint density at radius 2 is 1.94 bits per heavy atom. The molecular formula is C26H28N4O4. The number of fused-ring (bicyclic) bond motifs is 1. The number of aromatic nitrogens is 2. The van der Waals surface area contributed by atoms with Crippen molar-refractivity contribution in [2.24, 2.45) is 0 Å². The average Bonchev–Trinajstić information content (AvgIpc) is 3.57. The number of nitrogens with one attached hydrogen (secondary N) is 2. The minimum atomic E-state index is -0.428. The molecule has 8 nitrogen and oxygen atoms in total. The van der Waals surface area contributed by atoms with Crippen LogP contribution in [0.15, 0.2) is 60.9 Å². The van der Waals surface area contributed by atoms with Crippen LogP contribution in [0.2, 0.25) is 0 Å². The number of hydrogen-bond acceptors (Lipinski definition) is 5. The molecule has 176 valence electrons. The van der Waals surface area contributed by atoms with E-state index in [1.807, 2.05) is 47.3 Å². The summed E-state index contributed by atoms with van der Waals surface area (Å²) in [6, 6.07) is 16.0. The zero-order valence-corrected chi connectivity index (χ0v) is 19.0. The molecule has 2 aliphatic rings. The number of nitrogens with zero attached hydrogens (tertiary/aromatic N) is 2. The van der Waals surface area contributed by atoms with Crippen LogP contribution in [-0.4, -0.2) is 33.9 Å². The highest BCUT2D eigenvalue weighted by Crippen LogP contribution is 2.36. The summed E-state index contributed by atoms with van der Waals surface area (Å²) >= 11 is 0. The van der Waals surface area contributed by atoms with Crippen molar-refractivity contribution < 1.29 is 19.1 Å². The summed E-state index contributed by atoms with van der Waals surface area (Å²) in [6.07, 6.45) is 6.48. The Morgan fingerprint density at radius 3 is 2.76 bits per heavy atom. The van der Waals surface area contributed by atoms with Gasteiger partial charge in [-0.1, -0.05) is 36.4 Å². The van der Waals surface area contributed by atoms with Gasteiger partial charge in [-0.15, -0.1) is 0 Å². The predicted molar refractivity (Wildman–Crippen MR) is 125 cm³/mol. The molecule has 2 N–H and O–H groups in total. The van der Waals surface area contributed by atoms with Gasteiger partial charge in [-0.3, -0.25) is 14.3 Å². The van der Waals surface area contributed by atoms with Crippen LogP contribution >= 0.6 is 0 Å². The summed E-state index contributed by atoms with van der Waals surface area (Å²) < 4.78 is 12.7. The number of benzene rings is 2. The first kappa shape index (κ1) is 22.0. The van der Waals surface area contributed by atoms with Gasteiger partial charge in [-0.25, -0.2) is 0 Å². The molecule has 1 aromatic heterocycles. The first-order valence-corrected chi connectivity index (χ1v) is 11.6. The van der Waals surface area contributed by atoms with Crippen LogP contribution in [0.1, 0.15) is 42.4 Å². The quantitative estimate of drug-likeness (QED) is 0.512. The fourth-order valence-corrected chi connectivity index (χ4v) is 4.62. The van der Waals surface area contributed by atoms with Gasteiger partial charge < -0.3 is 20.1 Å². The van der Waals surface area contributed by atoms with Gasteiger partial charge in [0.05, 0.1) is 12.7 Å². The Kier molecular flexibility index (Phi) is 6.20. The van der Waals surface area contributed by atoms with E-state index in [-0.39, 0.29) is 18.6 Å². The second kappa shape index (κ2) is 9.59. The van der Waals surface area contributed by atoms with Gasteiger partial charge in [0, 0.05) is 36.7 Å². The lowest BCUT2D eigenvalue weighted by molar-refractivity contribution is -0.122. The lowest BCUT2D eigenvalue weighted by Gasteiger charge is -2.29. The summed E-state index contributed by atoms with van der Waals surface area (Å²) in [7, 11) is 0. The van der Waals surface area contributed by atoms with E-state index >= 15 is 0 Å². The maximum atomic E-state index is 12.6. The van der Waals surface area contributed by atoms with Crippen LogP contribution in [0.3, 0.4) is 0 Å². The molecule has 0 unspecified atom stereocenters. The third-order valence-corrected chi connectivity index (χ3v) is 6.41. The molecule has 5 rings (SSSR count). The zero-order valence-electron chi connectivity index (χ0n) is 19.0. The second-order valence-corrected chi connectivity index (χ2v) is 9.00. The van der Waals surface area contributed by atoms with Crippen LogP contribution in [-0.2, 0) is 29.1 Å². The van der Waals surface area contributed by atoms with Crippen molar-refractivity contribution in [2.45, 2.75) is 50.7 Å². The van der Waals surface area contributed by atoms with Crippen LogP contribution in [0.5, 0.6) is 11.5 Å². The van der Waals surface area contributed by atoms with E-state index < -0.39 is 5.54 Å². The summed E-state index contributed by atoms with van der Waals surface area (Å²) in [5.41, 5.74) is 2.75. The second-order valence-electron chi connectivity index (χ2n) is 9.00. The van der Waals surface area contributed by atoms with Gasteiger partial charge >= 0.3 is 0 Å². The van der Waals surface area contributed by atoms with E-state index in [1.54, 1.807) is 6.20 Å². The molecule has 34 heavy (non-hydrogen) atoms. The number of hydrogen-bond donors (Lipinski definition) is 2. The molecule has 0 saturated carbocycles. The molecule has 8 heteroatoms. The average molecular weight is 461 g/mol. The molecule has 0 spiro atoms. The smallest absolute Gasteiger partial charge is 0.231 e.